The summed E-state index contributed by atoms with van der Waals surface area (Å²) in [4.78, 5) is 11.7. The van der Waals surface area contributed by atoms with Gasteiger partial charge in [0.2, 0.25) is 0 Å². The van der Waals surface area contributed by atoms with E-state index in [0.29, 0.717) is 18.4 Å². The number of aryl methyl sites for hydroxylation is 1. The van der Waals surface area contributed by atoms with Crippen LogP contribution in [0, 0.1) is 6.92 Å². The van der Waals surface area contributed by atoms with Gasteiger partial charge >= 0.3 is 5.97 Å². The van der Waals surface area contributed by atoms with Gasteiger partial charge in [-0.2, -0.15) is 0 Å². The molecule has 0 bridgehead atoms. The molecule has 1 aromatic rings. The number of aliphatic carboxylic acids is 1. The molecule has 0 atom stereocenters. The predicted octanol–water partition coefficient (Wildman–Crippen LogP) is 3.09. The van der Waals surface area contributed by atoms with Gasteiger partial charge in [0.05, 0.1) is 5.41 Å². The van der Waals surface area contributed by atoms with Crippen molar-refractivity contribution >= 4 is 5.97 Å². The third-order valence-electron chi connectivity index (χ3n) is 5.00. The van der Waals surface area contributed by atoms with Gasteiger partial charge in [-0.1, -0.05) is 6.42 Å². The van der Waals surface area contributed by atoms with Crippen LogP contribution in [-0.4, -0.2) is 16.2 Å². The zero-order valence-corrected chi connectivity index (χ0v) is 11.3. The lowest BCUT2D eigenvalue weighted by Gasteiger charge is -2.40. The first-order chi connectivity index (χ1) is 9.06. The number of carboxylic acid groups (broad SMARTS) is 1. The lowest BCUT2D eigenvalue weighted by Crippen LogP contribution is -2.43. The second-order valence-electron chi connectivity index (χ2n) is 5.98. The average Bonchev–Trinajstić information content (AvgIpc) is 2.31. The van der Waals surface area contributed by atoms with Crippen LogP contribution in [0.15, 0.2) is 6.07 Å². The number of hydrogen-bond acceptors (Lipinski definition) is 2. The van der Waals surface area contributed by atoms with Gasteiger partial charge in [0.25, 0.3) is 0 Å². The number of aromatic hydroxyl groups is 1. The van der Waals surface area contributed by atoms with Crippen LogP contribution < -0.4 is 0 Å². The zero-order chi connectivity index (χ0) is 13.6. The maximum atomic E-state index is 11.7. The number of carbonyl (C=O) groups is 1. The molecular formula is C16H20O3. The van der Waals surface area contributed by atoms with E-state index >= 15 is 0 Å². The topological polar surface area (TPSA) is 57.5 Å². The minimum atomic E-state index is -0.833. The molecule has 0 unspecified atom stereocenters. The Hall–Kier alpha value is -1.51. The van der Waals surface area contributed by atoms with Crippen LogP contribution in [0.1, 0.15) is 54.4 Å². The van der Waals surface area contributed by atoms with Crippen molar-refractivity contribution in [3.63, 3.8) is 0 Å². The summed E-state index contributed by atoms with van der Waals surface area (Å²) in [6.45, 7) is 1.99. The molecule has 2 aliphatic rings. The number of rotatable bonds is 2. The third kappa shape index (κ3) is 1.67. The fourth-order valence-corrected chi connectivity index (χ4v) is 3.80. The first kappa shape index (κ1) is 12.5. The van der Waals surface area contributed by atoms with Gasteiger partial charge < -0.3 is 10.2 Å². The molecule has 3 nitrogen and oxygen atoms in total. The summed E-state index contributed by atoms with van der Waals surface area (Å²) in [5.41, 5.74) is 3.38. The second-order valence-corrected chi connectivity index (χ2v) is 5.98. The van der Waals surface area contributed by atoms with Gasteiger partial charge in [0, 0.05) is 5.56 Å². The molecule has 102 valence electrons. The highest BCUT2D eigenvalue weighted by atomic mass is 16.4. The van der Waals surface area contributed by atoms with Crippen molar-refractivity contribution in [3.8, 4) is 5.75 Å². The summed E-state index contributed by atoms with van der Waals surface area (Å²) in [5.74, 6) is -0.590. The van der Waals surface area contributed by atoms with Crippen LogP contribution in [0.5, 0.6) is 5.75 Å². The number of phenols is 1. The molecule has 0 aliphatic heterocycles. The molecule has 0 amide bonds. The highest BCUT2D eigenvalue weighted by Gasteiger charge is 2.48. The quantitative estimate of drug-likeness (QED) is 0.859. The Kier molecular flexibility index (Phi) is 2.80. The first-order valence-electron chi connectivity index (χ1n) is 7.14. The monoisotopic (exact) mass is 260 g/mol. The van der Waals surface area contributed by atoms with Gasteiger partial charge in [0.1, 0.15) is 5.75 Å². The molecule has 2 N–H and O–H groups in total. The van der Waals surface area contributed by atoms with Crippen molar-refractivity contribution < 1.29 is 15.0 Å². The molecule has 0 saturated heterocycles. The summed E-state index contributed by atoms with van der Waals surface area (Å²) in [6.07, 6.45) is 6.58. The molecule has 3 heteroatoms. The summed E-state index contributed by atoms with van der Waals surface area (Å²) in [5, 5.41) is 19.9. The minimum absolute atomic E-state index is 0.195. The molecule has 3 rings (SSSR count). The Morgan fingerprint density at radius 1 is 1.21 bits per heavy atom. The SMILES string of the molecule is Cc1c2c(cc(O)c1C1(C(=O)O)CCC1)CCCC2. The number of benzene rings is 1. The molecule has 19 heavy (non-hydrogen) atoms. The normalized spacial score (nSPS) is 20.5. The molecule has 1 saturated carbocycles. The maximum Gasteiger partial charge on any atom is 0.314 e. The molecule has 0 aromatic heterocycles. The van der Waals surface area contributed by atoms with Crippen molar-refractivity contribution in [2.75, 3.05) is 0 Å². The van der Waals surface area contributed by atoms with E-state index in [4.69, 9.17) is 0 Å². The zero-order valence-electron chi connectivity index (χ0n) is 11.3. The minimum Gasteiger partial charge on any atom is -0.508 e. The van der Waals surface area contributed by atoms with E-state index in [1.54, 1.807) is 0 Å². The number of phenolic OH excluding ortho intramolecular Hbond substituents is 1. The smallest absolute Gasteiger partial charge is 0.314 e. The molecule has 1 fully saturated rings. The van der Waals surface area contributed by atoms with Crippen molar-refractivity contribution in [2.24, 2.45) is 0 Å². The number of fused-ring (bicyclic) bond motifs is 1. The van der Waals surface area contributed by atoms with Gasteiger partial charge in [-0.15, -0.1) is 0 Å². The Morgan fingerprint density at radius 2 is 1.89 bits per heavy atom. The Bertz CT molecular complexity index is 541. The van der Waals surface area contributed by atoms with Gasteiger partial charge in [-0.05, 0) is 68.2 Å². The summed E-state index contributed by atoms with van der Waals surface area (Å²) in [6, 6.07) is 1.82. The first-order valence-corrected chi connectivity index (χ1v) is 7.14. The van der Waals surface area contributed by atoms with E-state index in [0.717, 1.165) is 37.7 Å². The lowest BCUT2D eigenvalue weighted by atomic mass is 9.62. The highest BCUT2D eigenvalue weighted by molar-refractivity contribution is 5.84. The fraction of sp³-hybridized carbons (Fsp3) is 0.562. The maximum absolute atomic E-state index is 11.7. The van der Waals surface area contributed by atoms with E-state index in [9.17, 15) is 15.0 Å². The van der Waals surface area contributed by atoms with Crippen LogP contribution in [-0.2, 0) is 23.1 Å². The van der Waals surface area contributed by atoms with E-state index < -0.39 is 11.4 Å². The highest BCUT2D eigenvalue weighted by Crippen LogP contribution is 2.50. The number of carboxylic acids is 1. The third-order valence-corrected chi connectivity index (χ3v) is 5.00. The fourth-order valence-electron chi connectivity index (χ4n) is 3.80. The Morgan fingerprint density at radius 3 is 2.47 bits per heavy atom. The summed E-state index contributed by atoms with van der Waals surface area (Å²) < 4.78 is 0. The lowest BCUT2D eigenvalue weighted by molar-refractivity contribution is -0.147. The molecular weight excluding hydrogens is 240 g/mol. The molecule has 1 aromatic carbocycles. The number of hydrogen-bond donors (Lipinski definition) is 2. The molecule has 0 radical (unpaired) electrons. The Labute approximate surface area is 113 Å². The van der Waals surface area contributed by atoms with Gasteiger partial charge in [-0.3, -0.25) is 4.79 Å². The van der Waals surface area contributed by atoms with E-state index in [2.05, 4.69) is 0 Å². The Balaban J connectivity index is 2.19. The van der Waals surface area contributed by atoms with Crippen molar-refractivity contribution in [2.45, 2.75) is 57.3 Å². The van der Waals surface area contributed by atoms with E-state index in [1.165, 1.54) is 11.1 Å². The van der Waals surface area contributed by atoms with Crippen LogP contribution in [0.2, 0.25) is 0 Å². The van der Waals surface area contributed by atoms with Crippen LogP contribution in [0.4, 0.5) is 0 Å². The van der Waals surface area contributed by atoms with Gasteiger partial charge in [0.15, 0.2) is 0 Å². The van der Waals surface area contributed by atoms with Crippen molar-refractivity contribution in [1.29, 1.82) is 0 Å². The second kappa shape index (κ2) is 4.26. The van der Waals surface area contributed by atoms with E-state index in [-0.39, 0.29) is 5.75 Å². The summed E-state index contributed by atoms with van der Waals surface area (Å²) >= 11 is 0. The van der Waals surface area contributed by atoms with Crippen LogP contribution in [0.25, 0.3) is 0 Å². The average molecular weight is 260 g/mol. The van der Waals surface area contributed by atoms with Crippen molar-refractivity contribution in [3.05, 3.63) is 28.3 Å². The van der Waals surface area contributed by atoms with Crippen LogP contribution >= 0.6 is 0 Å². The van der Waals surface area contributed by atoms with E-state index in [1.807, 2.05) is 13.0 Å². The van der Waals surface area contributed by atoms with Crippen LogP contribution in [0.3, 0.4) is 0 Å². The predicted molar refractivity (Wildman–Crippen MR) is 72.7 cm³/mol. The largest absolute Gasteiger partial charge is 0.508 e. The summed E-state index contributed by atoms with van der Waals surface area (Å²) in [7, 11) is 0. The van der Waals surface area contributed by atoms with Crippen molar-refractivity contribution in [1.82, 2.24) is 0 Å². The standard InChI is InChI=1S/C16H20O3/c1-10-12-6-3-2-5-11(12)9-13(17)14(10)16(15(18)19)7-4-8-16/h9,17H,2-8H2,1H3,(H,18,19). The molecule has 2 aliphatic carbocycles. The molecule has 0 spiro atoms. The molecule has 0 heterocycles. The van der Waals surface area contributed by atoms with Gasteiger partial charge in [-0.25, -0.2) is 0 Å².